The topological polar surface area (TPSA) is 86.2 Å². The largest absolute Gasteiger partial charge is 0.544 e. The van der Waals surface area contributed by atoms with Crippen LogP contribution in [0.2, 0.25) is 0 Å². The maximum absolute atomic E-state index is 10.9. The third kappa shape index (κ3) is 3.99. The van der Waals surface area contributed by atoms with Gasteiger partial charge in [-0.25, -0.2) is 0 Å². The maximum atomic E-state index is 10.9. The monoisotopic (exact) mass is 301 g/mol. The van der Waals surface area contributed by atoms with Crippen LogP contribution in [0.5, 0.6) is 11.5 Å². The minimum absolute atomic E-state index is 0.411. The van der Waals surface area contributed by atoms with Crippen molar-refractivity contribution in [3.05, 3.63) is 59.7 Å². The summed E-state index contributed by atoms with van der Waals surface area (Å²) in [5.74, 6) is -0.147. The van der Waals surface area contributed by atoms with Gasteiger partial charge in [0.2, 0.25) is 0 Å². The van der Waals surface area contributed by atoms with E-state index >= 15 is 0 Å². The molecule has 0 radical (unpaired) electrons. The van der Waals surface area contributed by atoms with Crippen LogP contribution in [0.4, 0.5) is 0 Å². The Morgan fingerprint density at radius 3 is 2.50 bits per heavy atom. The molecule has 0 spiro atoms. The van der Waals surface area contributed by atoms with E-state index in [4.69, 9.17) is 9.47 Å². The first-order valence-corrected chi connectivity index (χ1v) is 7.09. The number of carboxylic acid groups (broad SMARTS) is 1. The van der Waals surface area contributed by atoms with Crippen molar-refractivity contribution in [1.29, 1.82) is 0 Å². The van der Waals surface area contributed by atoms with Gasteiger partial charge in [-0.3, -0.25) is 0 Å². The lowest BCUT2D eigenvalue weighted by atomic mass is 10.1. The lowest BCUT2D eigenvalue weighted by Gasteiger charge is -2.15. The lowest BCUT2D eigenvalue weighted by molar-refractivity contribution is -0.443. The molecule has 0 aromatic heterocycles. The van der Waals surface area contributed by atoms with Crippen molar-refractivity contribution in [2.24, 2.45) is 0 Å². The molecule has 0 saturated heterocycles. The number of carbonyl (C=O) groups excluding carboxylic acids is 1. The zero-order valence-electron chi connectivity index (χ0n) is 12.5. The summed E-state index contributed by atoms with van der Waals surface area (Å²) in [6.07, 6.45) is 0. The van der Waals surface area contributed by atoms with E-state index in [-0.39, 0.29) is 0 Å². The molecule has 0 bridgehead atoms. The minimum Gasteiger partial charge on any atom is -0.544 e. The molecule has 1 atom stereocenters. The van der Waals surface area contributed by atoms with Crippen LogP contribution in [0.1, 0.15) is 24.1 Å². The molecule has 0 aliphatic heterocycles. The number of quaternary nitrogens is 1. The predicted octanol–water partition coefficient (Wildman–Crippen LogP) is 0.697. The van der Waals surface area contributed by atoms with Crippen molar-refractivity contribution < 1.29 is 25.1 Å². The van der Waals surface area contributed by atoms with Crippen LogP contribution >= 0.6 is 0 Å². The summed E-state index contributed by atoms with van der Waals surface area (Å²) < 4.78 is 11.3. The Morgan fingerprint density at radius 2 is 1.86 bits per heavy atom. The van der Waals surface area contributed by atoms with Crippen molar-refractivity contribution in [1.82, 2.24) is 0 Å². The van der Waals surface area contributed by atoms with Gasteiger partial charge in [-0.1, -0.05) is 30.3 Å². The SMILES string of the molecule is CCOc1cc([C@H]([NH3+])C(=O)[O-])ccc1OCc1ccccc1. The maximum Gasteiger partial charge on any atom is 0.161 e. The van der Waals surface area contributed by atoms with Gasteiger partial charge in [-0.2, -0.15) is 0 Å². The van der Waals surface area contributed by atoms with Gasteiger partial charge in [0, 0.05) is 5.56 Å². The van der Waals surface area contributed by atoms with Gasteiger partial charge in [-0.05, 0) is 30.7 Å². The summed E-state index contributed by atoms with van der Waals surface area (Å²) in [6.45, 7) is 2.72. The summed E-state index contributed by atoms with van der Waals surface area (Å²) in [6, 6.07) is 13.8. The average Bonchev–Trinajstić information content (AvgIpc) is 2.54. The molecule has 0 unspecified atom stereocenters. The molecule has 0 amide bonds. The number of ether oxygens (including phenoxy) is 2. The highest BCUT2D eigenvalue weighted by molar-refractivity contribution is 5.72. The van der Waals surface area contributed by atoms with Crippen LogP contribution in [0.25, 0.3) is 0 Å². The standard InChI is InChI=1S/C17H19NO4/c1-2-21-15-10-13(16(18)17(19)20)8-9-14(15)22-11-12-6-4-3-5-7-12/h3-10,16H,2,11,18H2,1H3,(H,19,20)/t16-/m0/s1. The first-order chi connectivity index (χ1) is 10.6. The Hall–Kier alpha value is -2.53. The molecule has 3 N–H and O–H groups in total. The molecular formula is C17H19NO4. The van der Waals surface area contributed by atoms with Gasteiger partial charge >= 0.3 is 0 Å². The number of hydrogen-bond donors (Lipinski definition) is 1. The Labute approximate surface area is 129 Å². The fourth-order valence-corrected chi connectivity index (χ4v) is 2.00. The van der Waals surface area contributed by atoms with E-state index in [1.165, 1.54) is 0 Å². The van der Waals surface area contributed by atoms with Crippen LogP contribution in [-0.2, 0) is 11.4 Å². The van der Waals surface area contributed by atoms with Crippen LogP contribution in [0.15, 0.2) is 48.5 Å². The number of rotatable bonds is 7. The van der Waals surface area contributed by atoms with Gasteiger partial charge in [0.25, 0.3) is 0 Å². The van der Waals surface area contributed by atoms with E-state index in [9.17, 15) is 9.90 Å². The summed E-state index contributed by atoms with van der Waals surface area (Å²) in [5.41, 5.74) is 5.14. The summed E-state index contributed by atoms with van der Waals surface area (Å²) in [7, 11) is 0. The smallest absolute Gasteiger partial charge is 0.161 e. The second-order valence-electron chi connectivity index (χ2n) is 4.79. The quantitative estimate of drug-likeness (QED) is 0.815. The van der Waals surface area contributed by atoms with E-state index in [1.807, 2.05) is 37.3 Å². The van der Waals surface area contributed by atoms with Crippen molar-refractivity contribution in [3.63, 3.8) is 0 Å². The Bertz CT molecular complexity index is 628. The van der Waals surface area contributed by atoms with Crippen molar-refractivity contribution in [2.45, 2.75) is 19.6 Å². The predicted molar refractivity (Wildman–Crippen MR) is 79.0 cm³/mol. The number of hydrogen-bond acceptors (Lipinski definition) is 4. The van der Waals surface area contributed by atoms with E-state index in [1.54, 1.807) is 18.2 Å². The highest BCUT2D eigenvalue weighted by Crippen LogP contribution is 2.30. The molecule has 22 heavy (non-hydrogen) atoms. The van der Waals surface area contributed by atoms with E-state index in [0.717, 1.165) is 5.56 Å². The highest BCUT2D eigenvalue weighted by atomic mass is 16.5. The second-order valence-corrected chi connectivity index (χ2v) is 4.79. The van der Waals surface area contributed by atoms with Gasteiger partial charge in [-0.15, -0.1) is 0 Å². The highest BCUT2D eigenvalue weighted by Gasteiger charge is 2.14. The van der Waals surface area contributed by atoms with E-state index in [0.29, 0.717) is 30.3 Å². The molecule has 0 fully saturated rings. The number of aliphatic carboxylic acids is 1. The van der Waals surface area contributed by atoms with Crippen molar-refractivity contribution >= 4 is 5.97 Å². The summed E-state index contributed by atoms with van der Waals surface area (Å²) in [4.78, 5) is 10.9. The second kappa shape index (κ2) is 7.47. The minimum atomic E-state index is -1.22. The Balaban J connectivity index is 2.17. The normalized spacial score (nSPS) is 11.7. The Kier molecular flexibility index (Phi) is 5.38. The molecule has 5 heteroatoms. The number of carbonyl (C=O) groups is 1. The van der Waals surface area contributed by atoms with Crippen LogP contribution in [0.3, 0.4) is 0 Å². The molecule has 0 aliphatic rings. The first-order valence-electron chi connectivity index (χ1n) is 7.09. The van der Waals surface area contributed by atoms with Crippen molar-refractivity contribution in [3.8, 4) is 11.5 Å². The lowest BCUT2D eigenvalue weighted by Crippen LogP contribution is -2.61. The summed E-state index contributed by atoms with van der Waals surface area (Å²) in [5, 5.41) is 10.9. The molecule has 2 aromatic rings. The fraction of sp³-hybridized carbons (Fsp3) is 0.235. The molecule has 2 aromatic carbocycles. The third-order valence-corrected chi connectivity index (χ3v) is 3.19. The fourth-order valence-electron chi connectivity index (χ4n) is 2.00. The molecule has 2 rings (SSSR count). The van der Waals surface area contributed by atoms with E-state index < -0.39 is 12.0 Å². The molecule has 0 heterocycles. The van der Waals surface area contributed by atoms with Gasteiger partial charge in [0.1, 0.15) is 12.6 Å². The van der Waals surface area contributed by atoms with Gasteiger partial charge < -0.3 is 25.1 Å². The van der Waals surface area contributed by atoms with Gasteiger partial charge in [0.05, 0.1) is 6.61 Å². The number of carboxylic acids is 1. The molecular weight excluding hydrogens is 282 g/mol. The van der Waals surface area contributed by atoms with E-state index in [2.05, 4.69) is 5.73 Å². The van der Waals surface area contributed by atoms with Gasteiger partial charge in [0.15, 0.2) is 17.5 Å². The average molecular weight is 301 g/mol. The molecule has 116 valence electrons. The molecule has 5 nitrogen and oxygen atoms in total. The Morgan fingerprint density at radius 1 is 1.14 bits per heavy atom. The van der Waals surface area contributed by atoms with Crippen LogP contribution in [0, 0.1) is 0 Å². The zero-order valence-corrected chi connectivity index (χ0v) is 12.5. The molecule has 0 aliphatic carbocycles. The zero-order chi connectivity index (χ0) is 15.9. The van der Waals surface area contributed by atoms with Crippen molar-refractivity contribution in [2.75, 3.05) is 6.61 Å². The third-order valence-electron chi connectivity index (χ3n) is 3.19. The van der Waals surface area contributed by atoms with Crippen LogP contribution < -0.4 is 20.3 Å². The summed E-state index contributed by atoms with van der Waals surface area (Å²) >= 11 is 0. The van der Waals surface area contributed by atoms with Crippen LogP contribution in [-0.4, -0.2) is 12.6 Å². The molecule has 0 saturated carbocycles. The number of benzene rings is 2. The first kappa shape index (κ1) is 15.9.